The van der Waals surface area contributed by atoms with E-state index in [0.717, 1.165) is 5.69 Å². The number of hydrogen-bond donors (Lipinski definition) is 3. The van der Waals surface area contributed by atoms with E-state index in [1.54, 1.807) is 13.0 Å². The van der Waals surface area contributed by atoms with Crippen molar-refractivity contribution in [2.45, 2.75) is 13.5 Å². The standard InChI is InChI=1S/C12H13FN4O2/c1-7-5-8(19-17-7)6-15-12(18)9-3-2-4-10(13)11(9)16-14/h2-5,16H,6,14H2,1H3,(H,15,18). The summed E-state index contributed by atoms with van der Waals surface area (Å²) in [6.45, 7) is 1.94. The van der Waals surface area contributed by atoms with Crippen LogP contribution in [0.1, 0.15) is 21.8 Å². The van der Waals surface area contributed by atoms with Gasteiger partial charge in [-0.1, -0.05) is 11.2 Å². The van der Waals surface area contributed by atoms with Gasteiger partial charge in [0.05, 0.1) is 23.5 Å². The Morgan fingerprint density at radius 2 is 2.32 bits per heavy atom. The second-order valence-electron chi connectivity index (χ2n) is 3.92. The molecule has 1 amide bonds. The van der Waals surface area contributed by atoms with Crippen LogP contribution in [-0.4, -0.2) is 11.1 Å². The molecular weight excluding hydrogens is 251 g/mol. The molecule has 19 heavy (non-hydrogen) atoms. The molecule has 0 fully saturated rings. The normalized spacial score (nSPS) is 10.3. The average molecular weight is 264 g/mol. The second kappa shape index (κ2) is 5.49. The molecule has 0 saturated carbocycles. The van der Waals surface area contributed by atoms with Gasteiger partial charge in [0, 0.05) is 6.07 Å². The number of nitrogens with two attached hydrogens (primary N) is 1. The molecule has 1 aromatic carbocycles. The summed E-state index contributed by atoms with van der Waals surface area (Å²) >= 11 is 0. The number of benzene rings is 1. The van der Waals surface area contributed by atoms with Crippen LogP contribution in [0.15, 0.2) is 28.8 Å². The first-order chi connectivity index (χ1) is 9.11. The molecule has 0 aliphatic carbocycles. The quantitative estimate of drug-likeness (QED) is 0.572. The third-order valence-corrected chi connectivity index (χ3v) is 2.50. The average Bonchev–Trinajstić information content (AvgIpc) is 2.81. The van der Waals surface area contributed by atoms with Gasteiger partial charge in [0.1, 0.15) is 5.82 Å². The van der Waals surface area contributed by atoms with Gasteiger partial charge in [-0.15, -0.1) is 0 Å². The van der Waals surface area contributed by atoms with Crippen molar-refractivity contribution in [1.29, 1.82) is 0 Å². The number of hydrogen-bond acceptors (Lipinski definition) is 5. The molecule has 4 N–H and O–H groups in total. The van der Waals surface area contributed by atoms with Crippen LogP contribution in [-0.2, 0) is 6.54 Å². The molecule has 0 saturated heterocycles. The number of nitrogen functional groups attached to an aromatic ring is 1. The number of nitrogens with zero attached hydrogens (tertiary/aromatic N) is 1. The van der Waals surface area contributed by atoms with E-state index in [4.69, 9.17) is 10.4 Å². The predicted octanol–water partition coefficient (Wildman–Crippen LogP) is 1.34. The van der Waals surface area contributed by atoms with E-state index in [1.807, 2.05) is 0 Å². The highest BCUT2D eigenvalue weighted by Gasteiger charge is 2.14. The van der Waals surface area contributed by atoms with Gasteiger partial charge in [0.15, 0.2) is 5.76 Å². The molecule has 0 atom stereocenters. The van der Waals surface area contributed by atoms with Crippen molar-refractivity contribution in [3.05, 3.63) is 47.1 Å². The maximum absolute atomic E-state index is 13.4. The maximum atomic E-state index is 13.4. The van der Waals surface area contributed by atoms with Gasteiger partial charge in [-0.2, -0.15) is 0 Å². The Morgan fingerprint density at radius 3 is 2.95 bits per heavy atom. The third-order valence-electron chi connectivity index (χ3n) is 2.50. The van der Waals surface area contributed by atoms with E-state index >= 15 is 0 Å². The molecule has 0 spiro atoms. The van der Waals surface area contributed by atoms with Crippen LogP contribution in [0.4, 0.5) is 10.1 Å². The van der Waals surface area contributed by atoms with Gasteiger partial charge in [0.25, 0.3) is 5.91 Å². The lowest BCUT2D eigenvalue weighted by Crippen LogP contribution is -2.25. The summed E-state index contributed by atoms with van der Waals surface area (Å²) < 4.78 is 18.4. The number of carbonyl (C=O) groups is 1. The molecule has 2 rings (SSSR count). The zero-order chi connectivity index (χ0) is 13.8. The summed E-state index contributed by atoms with van der Waals surface area (Å²) in [5.41, 5.74) is 2.97. The van der Waals surface area contributed by atoms with Crippen LogP contribution >= 0.6 is 0 Å². The van der Waals surface area contributed by atoms with Crippen LogP contribution in [0, 0.1) is 12.7 Å². The van der Waals surface area contributed by atoms with Gasteiger partial charge in [-0.3, -0.25) is 10.6 Å². The number of amides is 1. The van der Waals surface area contributed by atoms with Crippen molar-refractivity contribution in [2.75, 3.05) is 5.43 Å². The first-order valence-electron chi connectivity index (χ1n) is 5.57. The minimum absolute atomic E-state index is 0.0475. The summed E-state index contributed by atoms with van der Waals surface area (Å²) in [6.07, 6.45) is 0. The smallest absolute Gasteiger partial charge is 0.253 e. The van der Waals surface area contributed by atoms with Crippen molar-refractivity contribution in [2.24, 2.45) is 5.84 Å². The zero-order valence-corrected chi connectivity index (χ0v) is 10.2. The second-order valence-corrected chi connectivity index (χ2v) is 3.92. The Kier molecular flexibility index (Phi) is 3.76. The van der Waals surface area contributed by atoms with Crippen molar-refractivity contribution >= 4 is 11.6 Å². The van der Waals surface area contributed by atoms with E-state index in [-0.39, 0.29) is 17.8 Å². The Hall–Kier alpha value is -2.41. The molecule has 0 radical (unpaired) electrons. The molecule has 100 valence electrons. The van der Waals surface area contributed by atoms with E-state index in [0.29, 0.717) is 5.76 Å². The molecule has 0 unspecified atom stereocenters. The Morgan fingerprint density at radius 1 is 1.53 bits per heavy atom. The van der Waals surface area contributed by atoms with Crippen LogP contribution in [0.2, 0.25) is 0 Å². The Balaban J connectivity index is 2.10. The fourth-order valence-electron chi connectivity index (χ4n) is 1.62. The number of para-hydroxylation sites is 1. The molecule has 0 bridgehead atoms. The fourth-order valence-corrected chi connectivity index (χ4v) is 1.62. The fraction of sp³-hybridized carbons (Fsp3) is 0.167. The summed E-state index contributed by atoms with van der Waals surface area (Å²) in [6, 6.07) is 5.82. The van der Waals surface area contributed by atoms with Gasteiger partial charge >= 0.3 is 0 Å². The Bertz CT molecular complexity index is 597. The molecule has 0 aliphatic heterocycles. The van der Waals surface area contributed by atoms with Gasteiger partial charge in [-0.05, 0) is 19.1 Å². The lowest BCUT2D eigenvalue weighted by molar-refractivity contribution is 0.0947. The number of halogens is 1. The number of aryl methyl sites for hydroxylation is 1. The van der Waals surface area contributed by atoms with Gasteiger partial charge < -0.3 is 15.3 Å². The maximum Gasteiger partial charge on any atom is 0.253 e. The largest absolute Gasteiger partial charge is 0.359 e. The first-order valence-corrected chi connectivity index (χ1v) is 5.57. The molecule has 6 nitrogen and oxygen atoms in total. The Labute approximate surface area is 108 Å². The van der Waals surface area contributed by atoms with Crippen molar-refractivity contribution < 1.29 is 13.7 Å². The van der Waals surface area contributed by atoms with E-state index in [1.165, 1.54) is 18.2 Å². The molecular formula is C12H13FN4O2. The number of carbonyl (C=O) groups excluding carboxylic acids is 1. The highest BCUT2D eigenvalue weighted by Crippen LogP contribution is 2.18. The topological polar surface area (TPSA) is 93.2 Å². The summed E-state index contributed by atoms with van der Waals surface area (Å²) in [5, 5.41) is 6.29. The zero-order valence-electron chi connectivity index (χ0n) is 10.2. The number of anilines is 1. The van der Waals surface area contributed by atoms with E-state index in [2.05, 4.69) is 15.9 Å². The predicted molar refractivity (Wildman–Crippen MR) is 66.6 cm³/mol. The number of aromatic nitrogens is 1. The molecule has 0 aliphatic rings. The summed E-state index contributed by atoms with van der Waals surface area (Å²) in [7, 11) is 0. The van der Waals surface area contributed by atoms with Crippen molar-refractivity contribution in [3.63, 3.8) is 0 Å². The summed E-state index contributed by atoms with van der Waals surface area (Å²) in [5.74, 6) is 4.67. The van der Waals surface area contributed by atoms with E-state index in [9.17, 15) is 9.18 Å². The van der Waals surface area contributed by atoms with Crippen molar-refractivity contribution in [3.8, 4) is 0 Å². The molecule has 2 aromatic rings. The van der Waals surface area contributed by atoms with Crippen LogP contribution in [0.25, 0.3) is 0 Å². The summed E-state index contributed by atoms with van der Waals surface area (Å²) in [4.78, 5) is 11.9. The molecule has 7 heteroatoms. The molecule has 1 aromatic heterocycles. The monoisotopic (exact) mass is 264 g/mol. The third kappa shape index (κ3) is 2.89. The van der Waals surface area contributed by atoms with Crippen molar-refractivity contribution in [1.82, 2.24) is 10.5 Å². The number of nitrogens with one attached hydrogen (secondary N) is 2. The lowest BCUT2D eigenvalue weighted by Gasteiger charge is -2.09. The molecule has 1 heterocycles. The van der Waals surface area contributed by atoms with Crippen LogP contribution in [0.5, 0.6) is 0 Å². The highest BCUT2D eigenvalue weighted by atomic mass is 19.1. The minimum Gasteiger partial charge on any atom is -0.359 e. The minimum atomic E-state index is -0.592. The SMILES string of the molecule is Cc1cc(CNC(=O)c2cccc(F)c2NN)on1. The van der Waals surface area contributed by atoms with Crippen LogP contribution < -0.4 is 16.6 Å². The highest BCUT2D eigenvalue weighted by molar-refractivity contribution is 5.99. The van der Waals surface area contributed by atoms with E-state index < -0.39 is 11.7 Å². The van der Waals surface area contributed by atoms with Crippen LogP contribution in [0.3, 0.4) is 0 Å². The first kappa shape index (κ1) is 13.0. The lowest BCUT2D eigenvalue weighted by atomic mass is 10.1. The van der Waals surface area contributed by atoms with Gasteiger partial charge in [0.2, 0.25) is 0 Å². The number of rotatable bonds is 4. The number of hydrazine groups is 1. The van der Waals surface area contributed by atoms with Gasteiger partial charge in [-0.25, -0.2) is 4.39 Å².